The van der Waals surface area contributed by atoms with E-state index in [9.17, 15) is 0 Å². The highest BCUT2D eigenvalue weighted by molar-refractivity contribution is 5.32. The molecular weight excluding hydrogens is 116 g/mol. The van der Waals surface area contributed by atoms with Crippen molar-refractivity contribution in [2.24, 2.45) is 12.9 Å². The second-order valence-corrected chi connectivity index (χ2v) is 1.96. The molecule has 0 aliphatic carbocycles. The topological polar surface area (TPSA) is 47.1 Å². The van der Waals surface area contributed by atoms with Gasteiger partial charge in [-0.15, -0.1) is 0 Å². The van der Waals surface area contributed by atoms with Gasteiger partial charge in [0.2, 0.25) is 0 Å². The molecule has 0 aliphatic heterocycles. The maximum Gasteiger partial charge on any atom is 0.164 e. The second-order valence-electron chi connectivity index (χ2n) is 1.96. The molecule has 0 bridgehead atoms. The fraction of sp³-hybridized carbons (Fsp3) is 0.400. The third-order valence-corrected chi connectivity index (χ3v) is 1.06. The lowest BCUT2D eigenvalue weighted by Crippen LogP contribution is -2.25. The smallest absolute Gasteiger partial charge is 0.164 e. The minimum absolute atomic E-state index is 0.775. The van der Waals surface area contributed by atoms with Crippen molar-refractivity contribution in [1.29, 1.82) is 0 Å². The van der Waals surface area contributed by atoms with Crippen LogP contribution < -0.4 is 10.9 Å². The lowest BCUT2D eigenvalue weighted by atomic mass is 10.6. The van der Waals surface area contributed by atoms with Crippen molar-refractivity contribution in [1.82, 2.24) is 9.78 Å². The fourth-order valence-corrected chi connectivity index (χ4v) is 0.591. The first-order valence-corrected chi connectivity index (χ1v) is 2.68. The summed E-state index contributed by atoms with van der Waals surface area (Å²) in [6.07, 6.45) is 1.85. The van der Waals surface area contributed by atoms with Gasteiger partial charge >= 0.3 is 0 Å². The summed E-state index contributed by atoms with van der Waals surface area (Å²) >= 11 is 0. The first kappa shape index (κ1) is 6.10. The molecule has 0 fully saturated rings. The van der Waals surface area contributed by atoms with Crippen molar-refractivity contribution in [3.8, 4) is 0 Å². The summed E-state index contributed by atoms with van der Waals surface area (Å²) in [5.41, 5.74) is 0. The van der Waals surface area contributed by atoms with Crippen LogP contribution >= 0.6 is 0 Å². The van der Waals surface area contributed by atoms with Gasteiger partial charge in [0.15, 0.2) is 5.82 Å². The van der Waals surface area contributed by atoms with E-state index in [0.29, 0.717) is 0 Å². The maximum absolute atomic E-state index is 5.38. The number of hydrogen-bond acceptors (Lipinski definition) is 3. The number of hydrogen-bond donors (Lipinski definition) is 1. The molecule has 50 valence electrons. The van der Waals surface area contributed by atoms with Gasteiger partial charge in [0, 0.05) is 26.4 Å². The molecule has 0 amide bonds. The van der Waals surface area contributed by atoms with E-state index < -0.39 is 0 Å². The Bertz CT molecular complexity index is 191. The molecule has 0 radical (unpaired) electrons. The quantitative estimate of drug-likeness (QED) is 0.416. The molecule has 0 aromatic carbocycles. The highest BCUT2D eigenvalue weighted by atomic mass is 15.4. The van der Waals surface area contributed by atoms with Crippen LogP contribution in [-0.2, 0) is 7.05 Å². The molecule has 4 heteroatoms. The fourth-order valence-electron chi connectivity index (χ4n) is 0.591. The minimum atomic E-state index is 0.775. The zero-order valence-electron chi connectivity index (χ0n) is 5.57. The number of rotatable bonds is 1. The standard InChI is InChI=1S/C5H10N4/c1-8-4-3-5(7-8)9(2)6/h3-4H,6H2,1-2H3. The number of aromatic nitrogens is 2. The normalized spacial score (nSPS) is 9.67. The molecule has 0 aliphatic rings. The molecule has 9 heavy (non-hydrogen) atoms. The molecule has 1 aromatic rings. The average molecular weight is 126 g/mol. The van der Waals surface area contributed by atoms with Crippen LogP contribution in [0.2, 0.25) is 0 Å². The lowest BCUT2D eigenvalue weighted by molar-refractivity contribution is 0.757. The molecule has 0 saturated carbocycles. The first-order valence-electron chi connectivity index (χ1n) is 2.68. The van der Waals surface area contributed by atoms with Crippen molar-refractivity contribution in [2.75, 3.05) is 12.1 Å². The van der Waals surface area contributed by atoms with Crippen molar-refractivity contribution >= 4 is 5.82 Å². The van der Waals surface area contributed by atoms with Crippen molar-refractivity contribution in [3.05, 3.63) is 12.3 Å². The van der Waals surface area contributed by atoms with Gasteiger partial charge in [0.05, 0.1) is 0 Å². The number of anilines is 1. The molecular formula is C5H10N4. The summed E-state index contributed by atoms with van der Waals surface area (Å²) in [7, 11) is 3.61. The highest BCUT2D eigenvalue weighted by Gasteiger charge is 1.95. The second kappa shape index (κ2) is 2.06. The zero-order valence-corrected chi connectivity index (χ0v) is 5.57. The van der Waals surface area contributed by atoms with Crippen molar-refractivity contribution < 1.29 is 0 Å². The van der Waals surface area contributed by atoms with Crippen LogP contribution in [0.15, 0.2) is 12.3 Å². The summed E-state index contributed by atoms with van der Waals surface area (Å²) in [5, 5.41) is 5.50. The number of nitrogens with zero attached hydrogens (tertiary/aromatic N) is 3. The Morgan fingerprint density at radius 1 is 1.78 bits per heavy atom. The SMILES string of the molecule is CN(N)c1ccn(C)n1. The minimum Gasteiger partial charge on any atom is -0.297 e. The Labute approximate surface area is 53.8 Å². The third kappa shape index (κ3) is 1.20. The van der Waals surface area contributed by atoms with Crippen LogP contribution in [0.25, 0.3) is 0 Å². The highest BCUT2D eigenvalue weighted by Crippen LogP contribution is 2.01. The molecule has 4 nitrogen and oxygen atoms in total. The Kier molecular flexibility index (Phi) is 1.40. The molecule has 0 atom stereocenters. The number of nitrogens with two attached hydrogens (primary N) is 1. The molecule has 1 rings (SSSR count). The van der Waals surface area contributed by atoms with Crippen molar-refractivity contribution in [3.63, 3.8) is 0 Å². The summed E-state index contributed by atoms with van der Waals surface area (Å²) in [6, 6.07) is 1.85. The van der Waals surface area contributed by atoms with E-state index in [-0.39, 0.29) is 0 Å². The van der Waals surface area contributed by atoms with Gasteiger partial charge in [0.25, 0.3) is 0 Å². The largest absolute Gasteiger partial charge is 0.297 e. The molecule has 0 spiro atoms. The summed E-state index contributed by atoms with van der Waals surface area (Å²) in [4.78, 5) is 0. The predicted molar refractivity (Wildman–Crippen MR) is 35.8 cm³/mol. The van der Waals surface area contributed by atoms with Gasteiger partial charge in [-0.1, -0.05) is 0 Å². The van der Waals surface area contributed by atoms with E-state index in [0.717, 1.165) is 5.82 Å². The molecule has 1 heterocycles. The van der Waals surface area contributed by atoms with E-state index in [1.807, 2.05) is 19.3 Å². The van der Waals surface area contributed by atoms with Crippen LogP contribution in [0, 0.1) is 0 Å². The van der Waals surface area contributed by atoms with Gasteiger partial charge in [-0.2, -0.15) is 5.10 Å². The Hall–Kier alpha value is -1.03. The zero-order chi connectivity index (χ0) is 6.85. The van der Waals surface area contributed by atoms with Crippen molar-refractivity contribution in [2.45, 2.75) is 0 Å². The number of aryl methyl sites for hydroxylation is 1. The lowest BCUT2D eigenvalue weighted by Gasteiger charge is -2.05. The summed E-state index contributed by atoms with van der Waals surface area (Å²) in [6.45, 7) is 0. The van der Waals surface area contributed by atoms with Crippen LogP contribution in [0.1, 0.15) is 0 Å². The van der Waals surface area contributed by atoms with E-state index in [1.54, 1.807) is 11.7 Å². The van der Waals surface area contributed by atoms with Crippen LogP contribution in [-0.4, -0.2) is 16.8 Å². The third-order valence-electron chi connectivity index (χ3n) is 1.06. The van der Waals surface area contributed by atoms with E-state index >= 15 is 0 Å². The van der Waals surface area contributed by atoms with Gasteiger partial charge in [0.1, 0.15) is 0 Å². The van der Waals surface area contributed by atoms with Crippen LogP contribution in [0.3, 0.4) is 0 Å². The Morgan fingerprint density at radius 3 is 2.67 bits per heavy atom. The summed E-state index contributed by atoms with van der Waals surface area (Å²) in [5.74, 6) is 6.16. The number of hydrazine groups is 1. The van der Waals surface area contributed by atoms with Gasteiger partial charge in [-0.25, -0.2) is 5.84 Å². The van der Waals surface area contributed by atoms with Gasteiger partial charge in [-0.3, -0.25) is 9.69 Å². The van der Waals surface area contributed by atoms with E-state index in [2.05, 4.69) is 5.10 Å². The molecule has 0 unspecified atom stereocenters. The molecule has 0 saturated heterocycles. The summed E-state index contributed by atoms with van der Waals surface area (Å²) < 4.78 is 1.71. The molecule has 1 aromatic heterocycles. The monoisotopic (exact) mass is 126 g/mol. The van der Waals surface area contributed by atoms with Gasteiger partial charge < -0.3 is 0 Å². The average Bonchev–Trinajstić information content (AvgIpc) is 2.14. The van der Waals surface area contributed by atoms with Crippen LogP contribution in [0.4, 0.5) is 5.82 Å². The predicted octanol–water partition coefficient (Wildman–Crippen LogP) is -0.270. The van der Waals surface area contributed by atoms with Gasteiger partial charge in [-0.05, 0) is 0 Å². The first-order chi connectivity index (χ1) is 4.20. The van der Waals surface area contributed by atoms with E-state index in [1.165, 1.54) is 5.01 Å². The molecule has 2 N–H and O–H groups in total. The van der Waals surface area contributed by atoms with Crippen LogP contribution in [0.5, 0.6) is 0 Å². The Morgan fingerprint density at radius 2 is 2.44 bits per heavy atom. The maximum atomic E-state index is 5.38. The Balaban J connectivity index is 2.85. The van der Waals surface area contributed by atoms with E-state index in [4.69, 9.17) is 5.84 Å².